The first-order valence-corrected chi connectivity index (χ1v) is 5.49. The van der Waals surface area contributed by atoms with Crippen LogP contribution < -0.4 is 11.1 Å². The van der Waals surface area contributed by atoms with Gasteiger partial charge in [-0.1, -0.05) is 0 Å². The van der Waals surface area contributed by atoms with Crippen molar-refractivity contribution in [2.45, 2.75) is 19.3 Å². The second-order valence-corrected chi connectivity index (χ2v) is 3.84. The zero-order valence-electron chi connectivity index (χ0n) is 8.33. The van der Waals surface area contributed by atoms with E-state index in [-0.39, 0.29) is 0 Å². The minimum absolute atomic E-state index is 0.447. The van der Waals surface area contributed by atoms with Crippen molar-refractivity contribution >= 4 is 27.7 Å². The molecule has 0 bridgehead atoms. The summed E-state index contributed by atoms with van der Waals surface area (Å²) in [5.41, 5.74) is 5.56. The highest BCUT2D eigenvalue weighted by molar-refractivity contribution is 9.10. The van der Waals surface area contributed by atoms with Crippen LogP contribution in [0.2, 0.25) is 0 Å². The van der Waals surface area contributed by atoms with Gasteiger partial charge in [0.15, 0.2) is 0 Å². The van der Waals surface area contributed by atoms with E-state index < -0.39 is 0 Å². The Hall–Kier alpha value is -1.28. The lowest BCUT2D eigenvalue weighted by Gasteiger charge is -2.04. The number of anilines is 2. The maximum Gasteiger partial charge on any atom is 0.225 e. The predicted molar refractivity (Wildman–Crippen MR) is 65.3 cm³/mol. The molecule has 0 aliphatic rings. The summed E-state index contributed by atoms with van der Waals surface area (Å²) in [4.78, 5) is 8.16. The van der Waals surface area contributed by atoms with Crippen molar-refractivity contribution in [1.82, 2.24) is 9.97 Å². The van der Waals surface area contributed by atoms with Crippen LogP contribution in [-0.2, 0) is 0 Å². The summed E-state index contributed by atoms with van der Waals surface area (Å²) < 4.78 is 0.682. The van der Waals surface area contributed by atoms with Crippen molar-refractivity contribution < 1.29 is 0 Å². The number of nitrogen functional groups attached to an aromatic ring is 1. The highest BCUT2D eigenvalue weighted by atomic mass is 79.9. The summed E-state index contributed by atoms with van der Waals surface area (Å²) in [6.07, 6.45) is 7.96. The maximum absolute atomic E-state index is 5.56. The van der Waals surface area contributed by atoms with Gasteiger partial charge in [0.2, 0.25) is 5.95 Å². The van der Waals surface area contributed by atoms with Gasteiger partial charge in [-0.2, -0.15) is 4.98 Å². The van der Waals surface area contributed by atoms with Crippen LogP contribution >= 0.6 is 15.9 Å². The number of halogens is 1. The summed E-state index contributed by atoms with van der Waals surface area (Å²) in [6, 6.07) is 1.66. The lowest BCUT2D eigenvalue weighted by atomic mass is 10.2. The molecule has 1 aromatic rings. The van der Waals surface area contributed by atoms with Gasteiger partial charge in [0, 0.05) is 19.0 Å². The van der Waals surface area contributed by atoms with Crippen LogP contribution in [0.5, 0.6) is 0 Å². The average Bonchev–Trinajstić information content (AvgIpc) is 2.16. The quantitative estimate of drug-likeness (QED) is 0.487. The molecule has 5 heteroatoms. The molecule has 1 heterocycles. The third-order valence-corrected chi connectivity index (χ3v) is 2.15. The second-order valence-electron chi connectivity index (χ2n) is 3.03. The standard InChI is InChI=1S/C10H13BrN4/c1-2-3-4-5-6-13-10-14-8(11)7-9(12)15-10/h1,7H,3-6H2,(H3,12,13,14,15). The van der Waals surface area contributed by atoms with Crippen LogP contribution in [0.3, 0.4) is 0 Å². The lowest BCUT2D eigenvalue weighted by Crippen LogP contribution is -2.06. The Morgan fingerprint density at radius 3 is 2.93 bits per heavy atom. The zero-order chi connectivity index (χ0) is 11.1. The van der Waals surface area contributed by atoms with Gasteiger partial charge in [0.1, 0.15) is 10.4 Å². The van der Waals surface area contributed by atoms with Gasteiger partial charge < -0.3 is 11.1 Å². The molecule has 4 nitrogen and oxygen atoms in total. The van der Waals surface area contributed by atoms with E-state index in [0.29, 0.717) is 16.4 Å². The van der Waals surface area contributed by atoms with E-state index in [1.165, 1.54) is 0 Å². The van der Waals surface area contributed by atoms with E-state index in [9.17, 15) is 0 Å². The minimum Gasteiger partial charge on any atom is -0.383 e. The first-order chi connectivity index (χ1) is 7.22. The smallest absolute Gasteiger partial charge is 0.225 e. The molecule has 0 unspecified atom stereocenters. The molecule has 0 aliphatic carbocycles. The summed E-state index contributed by atoms with van der Waals surface area (Å²) >= 11 is 3.25. The van der Waals surface area contributed by atoms with Gasteiger partial charge in [0.25, 0.3) is 0 Å². The molecule has 80 valence electrons. The molecule has 15 heavy (non-hydrogen) atoms. The number of rotatable bonds is 5. The number of nitrogens with one attached hydrogen (secondary N) is 1. The molecule has 0 amide bonds. The molecular weight excluding hydrogens is 256 g/mol. The number of nitrogens with two attached hydrogens (primary N) is 1. The Labute approximate surface area is 97.8 Å². The third kappa shape index (κ3) is 4.66. The van der Waals surface area contributed by atoms with Crippen LogP contribution in [0.1, 0.15) is 19.3 Å². The highest BCUT2D eigenvalue weighted by Crippen LogP contribution is 2.12. The molecule has 0 saturated carbocycles. The Morgan fingerprint density at radius 2 is 2.27 bits per heavy atom. The number of unbranched alkanes of at least 4 members (excludes halogenated alkanes) is 2. The van der Waals surface area contributed by atoms with E-state index in [2.05, 4.69) is 37.1 Å². The molecule has 0 aromatic carbocycles. The lowest BCUT2D eigenvalue weighted by molar-refractivity contribution is 0.784. The van der Waals surface area contributed by atoms with Crippen LogP contribution in [0.15, 0.2) is 10.7 Å². The molecule has 0 fully saturated rings. The molecule has 0 spiro atoms. The Bertz CT molecular complexity index is 339. The van der Waals surface area contributed by atoms with E-state index in [4.69, 9.17) is 12.2 Å². The maximum atomic E-state index is 5.56. The summed E-state index contributed by atoms with van der Waals surface area (Å²) in [7, 11) is 0. The number of aromatic nitrogens is 2. The third-order valence-electron chi connectivity index (χ3n) is 1.75. The van der Waals surface area contributed by atoms with Gasteiger partial charge in [-0.15, -0.1) is 12.3 Å². The minimum atomic E-state index is 0.447. The molecular formula is C10H13BrN4. The summed E-state index contributed by atoms with van der Waals surface area (Å²) in [6.45, 7) is 0.803. The van der Waals surface area contributed by atoms with Crippen molar-refractivity contribution in [3.05, 3.63) is 10.7 Å². The fourth-order valence-corrected chi connectivity index (χ4v) is 1.47. The number of hydrogen-bond acceptors (Lipinski definition) is 4. The van der Waals surface area contributed by atoms with Crippen molar-refractivity contribution in [2.75, 3.05) is 17.6 Å². The largest absolute Gasteiger partial charge is 0.383 e. The van der Waals surface area contributed by atoms with Crippen LogP contribution in [0, 0.1) is 12.3 Å². The molecule has 0 saturated heterocycles. The number of hydrogen-bond donors (Lipinski definition) is 2. The monoisotopic (exact) mass is 268 g/mol. The van der Waals surface area contributed by atoms with E-state index in [1.54, 1.807) is 6.07 Å². The zero-order valence-corrected chi connectivity index (χ0v) is 9.92. The van der Waals surface area contributed by atoms with Gasteiger partial charge in [-0.3, -0.25) is 0 Å². The van der Waals surface area contributed by atoms with Crippen molar-refractivity contribution in [3.8, 4) is 12.3 Å². The summed E-state index contributed by atoms with van der Waals surface area (Å²) in [5, 5.41) is 3.08. The Balaban J connectivity index is 2.34. The highest BCUT2D eigenvalue weighted by Gasteiger charge is 1.99. The Kier molecular flexibility index (Phi) is 4.91. The molecule has 3 N–H and O–H groups in total. The van der Waals surface area contributed by atoms with E-state index in [0.717, 1.165) is 25.8 Å². The van der Waals surface area contributed by atoms with Crippen LogP contribution in [0.25, 0.3) is 0 Å². The molecule has 0 aliphatic heterocycles. The van der Waals surface area contributed by atoms with Gasteiger partial charge in [0.05, 0.1) is 0 Å². The topological polar surface area (TPSA) is 63.8 Å². The van der Waals surface area contributed by atoms with Gasteiger partial charge in [-0.25, -0.2) is 4.98 Å². The Morgan fingerprint density at radius 1 is 1.47 bits per heavy atom. The SMILES string of the molecule is C#CCCCCNc1nc(N)cc(Br)n1. The second kappa shape index (κ2) is 6.25. The van der Waals surface area contributed by atoms with E-state index >= 15 is 0 Å². The predicted octanol–water partition coefficient (Wildman–Crippen LogP) is 2.04. The first kappa shape index (κ1) is 11.8. The number of nitrogens with zero attached hydrogens (tertiary/aromatic N) is 2. The fraction of sp³-hybridized carbons (Fsp3) is 0.400. The van der Waals surface area contributed by atoms with Crippen LogP contribution in [-0.4, -0.2) is 16.5 Å². The summed E-state index contributed by atoms with van der Waals surface area (Å²) in [5.74, 6) is 3.59. The molecule has 1 aromatic heterocycles. The fourth-order valence-electron chi connectivity index (χ4n) is 1.07. The first-order valence-electron chi connectivity index (χ1n) is 4.70. The number of terminal acetylenes is 1. The van der Waals surface area contributed by atoms with Gasteiger partial charge >= 0.3 is 0 Å². The van der Waals surface area contributed by atoms with Crippen LogP contribution in [0.4, 0.5) is 11.8 Å². The van der Waals surface area contributed by atoms with Crippen molar-refractivity contribution in [2.24, 2.45) is 0 Å². The molecule has 0 atom stereocenters. The average molecular weight is 269 g/mol. The normalized spacial score (nSPS) is 9.60. The van der Waals surface area contributed by atoms with Crippen molar-refractivity contribution in [3.63, 3.8) is 0 Å². The molecule has 1 rings (SSSR count). The van der Waals surface area contributed by atoms with Crippen molar-refractivity contribution in [1.29, 1.82) is 0 Å². The van der Waals surface area contributed by atoms with Gasteiger partial charge in [-0.05, 0) is 28.8 Å². The van der Waals surface area contributed by atoms with E-state index in [1.807, 2.05) is 0 Å². The molecule has 0 radical (unpaired) electrons.